The molecule has 0 radical (unpaired) electrons. The third kappa shape index (κ3) is 8.38. The topological polar surface area (TPSA) is 78.4 Å². The Labute approximate surface area is 187 Å². The average Bonchev–Trinajstić information content (AvgIpc) is 2.71. The average molecular weight is 475 g/mol. The van der Waals surface area contributed by atoms with E-state index < -0.39 is 27.8 Å². The highest BCUT2D eigenvalue weighted by atomic mass is 32.2. The molecule has 0 fully saturated rings. The van der Waals surface area contributed by atoms with Crippen LogP contribution in [0, 0.1) is 0 Å². The Balaban J connectivity index is 2.35. The Morgan fingerprint density at radius 2 is 1.44 bits per heavy atom. The Morgan fingerprint density at radius 1 is 0.875 bits per heavy atom. The summed E-state index contributed by atoms with van der Waals surface area (Å²) < 4.78 is 71.6. The van der Waals surface area contributed by atoms with E-state index >= 15 is 0 Å². The molecule has 0 saturated carbocycles. The molecule has 6 nitrogen and oxygen atoms in total. The monoisotopic (exact) mass is 474 g/mol. The molecule has 0 aliphatic rings. The lowest BCUT2D eigenvalue weighted by Crippen LogP contribution is -2.34. The van der Waals surface area contributed by atoms with Crippen LogP contribution in [-0.4, -0.2) is 31.0 Å². The molecule has 1 atom stereocenters. The van der Waals surface area contributed by atoms with Crippen LogP contribution in [0.1, 0.15) is 69.4 Å². The summed E-state index contributed by atoms with van der Waals surface area (Å²) in [6.07, 6.45) is 7.70. The van der Waals surface area contributed by atoms with E-state index in [-0.39, 0.29) is 0 Å². The van der Waals surface area contributed by atoms with Crippen LogP contribution in [0.25, 0.3) is 0 Å². The van der Waals surface area contributed by atoms with Crippen molar-refractivity contribution in [1.82, 2.24) is 9.97 Å². The van der Waals surface area contributed by atoms with Crippen molar-refractivity contribution in [1.29, 1.82) is 0 Å². The number of aromatic nitrogens is 2. The summed E-state index contributed by atoms with van der Waals surface area (Å²) in [5.41, 5.74) is -0.686. The third-order valence-corrected chi connectivity index (χ3v) is 5.59. The van der Waals surface area contributed by atoms with Crippen molar-refractivity contribution in [3.8, 4) is 5.75 Å². The minimum atomic E-state index is -4.83. The maximum Gasteiger partial charge on any atom is 0.573 e. The summed E-state index contributed by atoms with van der Waals surface area (Å²) in [7, 11) is -3.94. The van der Waals surface area contributed by atoms with E-state index in [1.54, 1.807) is 0 Å². The fourth-order valence-corrected chi connectivity index (χ4v) is 4.41. The van der Waals surface area contributed by atoms with Gasteiger partial charge in [0, 0.05) is 18.0 Å². The standard InChI is InChI=1S/C22H29F3N2O4S/c1-3-4-5-6-7-8-9-14-21(31-32(2,28)29,19-15-26-17-27-16-19)18-10-12-20(13-11-18)30-22(23,24)25/h10-13,15-17H,3-9,14H2,1-2H3. The molecule has 1 aromatic heterocycles. The zero-order valence-electron chi connectivity index (χ0n) is 18.3. The molecular weight excluding hydrogens is 445 g/mol. The van der Waals surface area contributed by atoms with E-state index in [0.29, 0.717) is 24.0 Å². The van der Waals surface area contributed by atoms with Crippen molar-refractivity contribution >= 4 is 10.1 Å². The second kappa shape index (κ2) is 11.6. The molecule has 1 aromatic carbocycles. The van der Waals surface area contributed by atoms with Gasteiger partial charge in [0.05, 0.1) is 6.26 Å². The molecule has 0 bridgehead atoms. The van der Waals surface area contributed by atoms with Crippen LogP contribution in [0.5, 0.6) is 5.75 Å². The predicted molar refractivity (Wildman–Crippen MR) is 114 cm³/mol. The highest BCUT2D eigenvalue weighted by Gasteiger charge is 2.40. The Morgan fingerprint density at radius 3 is 1.97 bits per heavy atom. The van der Waals surface area contributed by atoms with Gasteiger partial charge in [-0.05, 0) is 30.5 Å². The van der Waals surface area contributed by atoms with Crippen LogP contribution < -0.4 is 4.74 Å². The van der Waals surface area contributed by atoms with Crippen molar-refractivity contribution in [3.05, 3.63) is 54.1 Å². The highest BCUT2D eigenvalue weighted by Crippen LogP contribution is 2.40. The van der Waals surface area contributed by atoms with Crippen LogP contribution in [0.15, 0.2) is 43.0 Å². The first-order chi connectivity index (χ1) is 15.1. The first-order valence-corrected chi connectivity index (χ1v) is 12.4. The van der Waals surface area contributed by atoms with Gasteiger partial charge in [-0.2, -0.15) is 8.42 Å². The van der Waals surface area contributed by atoms with E-state index in [1.165, 1.54) is 37.3 Å². The van der Waals surface area contributed by atoms with Crippen molar-refractivity contribution in [2.24, 2.45) is 0 Å². The maximum atomic E-state index is 12.5. The molecule has 32 heavy (non-hydrogen) atoms. The fraction of sp³-hybridized carbons (Fsp3) is 0.545. The van der Waals surface area contributed by atoms with Gasteiger partial charge in [0.2, 0.25) is 0 Å². The van der Waals surface area contributed by atoms with Gasteiger partial charge in [-0.1, -0.05) is 57.6 Å². The van der Waals surface area contributed by atoms with Crippen LogP contribution in [-0.2, 0) is 19.9 Å². The van der Waals surface area contributed by atoms with E-state index in [1.807, 2.05) is 0 Å². The predicted octanol–water partition coefficient (Wildman–Crippen LogP) is 5.74. The highest BCUT2D eigenvalue weighted by molar-refractivity contribution is 7.86. The minimum absolute atomic E-state index is 0.292. The van der Waals surface area contributed by atoms with Gasteiger partial charge in [0.1, 0.15) is 17.7 Å². The molecule has 0 N–H and O–H groups in total. The molecule has 1 unspecified atom stereocenters. The van der Waals surface area contributed by atoms with Gasteiger partial charge in [0.15, 0.2) is 0 Å². The second-order valence-electron chi connectivity index (χ2n) is 7.69. The molecule has 0 aliphatic carbocycles. The molecular formula is C22H29F3N2O4S. The number of alkyl halides is 3. The maximum absolute atomic E-state index is 12.5. The lowest BCUT2D eigenvalue weighted by atomic mass is 9.83. The molecule has 0 aliphatic heterocycles. The lowest BCUT2D eigenvalue weighted by Gasteiger charge is -2.33. The van der Waals surface area contributed by atoms with Crippen molar-refractivity contribution in [2.45, 2.75) is 70.3 Å². The fourth-order valence-electron chi connectivity index (χ4n) is 3.62. The second-order valence-corrected chi connectivity index (χ2v) is 9.26. The van der Waals surface area contributed by atoms with Gasteiger partial charge in [-0.3, -0.25) is 4.18 Å². The Hall–Kier alpha value is -2.20. The summed E-state index contributed by atoms with van der Waals surface area (Å²) in [5, 5.41) is 0. The molecule has 2 rings (SSSR count). The first kappa shape index (κ1) is 26.1. The van der Waals surface area contributed by atoms with E-state index in [4.69, 9.17) is 4.18 Å². The number of ether oxygens (including phenoxy) is 1. The van der Waals surface area contributed by atoms with Crippen LogP contribution in [0.2, 0.25) is 0 Å². The van der Waals surface area contributed by atoms with Crippen LogP contribution in [0.3, 0.4) is 0 Å². The molecule has 1 heterocycles. The minimum Gasteiger partial charge on any atom is -0.406 e. The SMILES string of the molecule is CCCCCCCCCC(OS(C)(=O)=O)(c1ccc(OC(F)(F)F)cc1)c1cncnc1. The number of nitrogens with zero attached hydrogens (tertiary/aromatic N) is 2. The Kier molecular flexibility index (Phi) is 9.45. The summed E-state index contributed by atoms with van der Waals surface area (Å²) in [6, 6.07) is 5.02. The Bertz CT molecular complexity index is 922. The zero-order valence-corrected chi connectivity index (χ0v) is 19.1. The third-order valence-electron chi connectivity index (χ3n) is 5.01. The number of unbranched alkanes of at least 4 members (excludes halogenated alkanes) is 6. The van der Waals surface area contributed by atoms with Gasteiger partial charge in [-0.15, -0.1) is 13.2 Å². The molecule has 0 spiro atoms. The van der Waals surface area contributed by atoms with Crippen molar-refractivity contribution in [2.75, 3.05) is 6.26 Å². The summed E-state index contributed by atoms with van der Waals surface area (Å²) in [5.74, 6) is -0.408. The molecule has 178 valence electrons. The summed E-state index contributed by atoms with van der Waals surface area (Å²) in [6.45, 7) is 2.14. The van der Waals surface area contributed by atoms with Crippen LogP contribution >= 0.6 is 0 Å². The first-order valence-electron chi connectivity index (χ1n) is 10.6. The summed E-state index contributed by atoms with van der Waals surface area (Å²) in [4.78, 5) is 7.98. The summed E-state index contributed by atoms with van der Waals surface area (Å²) >= 11 is 0. The zero-order chi connectivity index (χ0) is 23.7. The number of hydrogen-bond acceptors (Lipinski definition) is 6. The molecule has 0 amide bonds. The number of benzene rings is 1. The van der Waals surface area contributed by atoms with Crippen LogP contribution in [0.4, 0.5) is 13.2 Å². The largest absolute Gasteiger partial charge is 0.573 e. The van der Waals surface area contributed by atoms with Crippen molar-refractivity contribution in [3.63, 3.8) is 0 Å². The van der Waals surface area contributed by atoms with Gasteiger partial charge in [0.25, 0.3) is 10.1 Å². The van der Waals surface area contributed by atoms with E-state index in [9.17, 15) is 21.6 Å². The van der Waals surface area contributed by atoms with E-state index in [0.717, 1.165) is 50.5 Å². The molecule has 2 aromatic rings. The smallest absolute Gasteiger partial charge is 0.406 e. The van der Waals surface area contributed by atoms with Crippen molar-refractivity contribution < 1.29 is 30.5 Å². The lowest BCUT2D eigenvalue weighted by molar-refractivity contribution is -0.274. The van der Waals surface area contributed by atoms with Gasteiger partial charge < -0.3 is 4.74 Å². The molecule has 10 heteroatoms. The van der Waals surface area contributed by atoms with Gasteiger partial charge >= 0.3 is 6.36 Å². The number of rotatable bonds is 13. The number of halogens is 3. The quantitative estimate of drug-likeness (QED) is 0.272. The van der Waals surface area contributed by atoms with Gasteiger partial charge in [-0.25, -0.2) is 9.97 Å². The number of hydrogen-bond donors (Lipinski definition) is 0. The van der Waals surface area contributed by atoms with E-state index in [2.05, 4.69) is 21.6 Å². The molecule has 0 saturated heterocycles. The normalized spacial score (nSPS) is 14.2.